The lowest BCUT2D eigenvalue weighted by Crippen LogP contribution is -2.64. The first-order chi connectivity index (χ1) is 9.28. The molecule has 0 aromatic heterocycles. The quantitative estimate of drug-likeness (QED) is 0.734. The summed E-state index contributed by atoms with van der Waals surface area (Å²) in [6.07, 6.45) is 2.83. The molecule has 0 bridgehead atoms. The Kier molecular flexibility index (Phi) is 5.78. The summed E-state index contributed by atoms with van der Waals surface area (Å²) in [6.45, 7) is 14.1. The zero-order valence-electron chi connectivity index (χ0n) is 13.7. The molecule has 4 heteroatoms. The van der Waals surface area contributed by atoms with E-state index in [-0.39, 0.29) is 24.2 Å². The van der Waals surface area contributed by atoms with Crippen molar-refractivity contribution in [3.8, 4) is 0 Å². The van der Waals surface area contributed by atoms with Crippen LogP contribution in [0, 0.1) is 11.8 Å². The van der Waals surface area contributed by atoms with E-state index in [1.54, 1.807) is 6.92 Å². The van der Waals surface area contributed by atoms with Gasteiger partial charge in [0.25, 0.3) is 0 Å². The summed E-state index contributed by atoms with van der Waals surface area (Å²) in [6, 6.07) is 0.0405. The van der Waals surface area contributed by atoms with Crippen LogP contribution in [0.5, 0.6) is 0 Å². The topological polar surface area (TPSA) is 50.4 Å². The van der Waals surface area contributed by atoms with Gasteiger partial charge in [0, 0.05) is 6.92 Å². The Morgan fingerprint density at radius 2 is 2.00 bits per heavy atom. The van der Waals surface area contributed by atoms with Crippen LogP contribution in [0.3, 0.4) is 0 Å². The van der Waals surface area contributed by atoms with Crippen LogP contribution in [0.15, 0.2) is 12.7 Å². The number of carbonyl (C=O) groups excluding carboxylic acids is 1. The van der Waals surface area contributed by atoms with Crippen molar-refractivity contribution >= 4 is 5.91 Å². The highest BCUT2D eigenvalue weighted by Gasteiger charge is 2.55. The molecule has 1 aliphatic rings. The number of nitrogens with one attached hydrogen (secondary N) is 2. The number of carbonyl (C=O) groups is 1. The Balaban J connectivity index is 3.17. The van der Waals surface area contributed by atoms with Gasteiger partial charge in [0.1, 0.15) is 5.54 Å². The molecule has 4 nitrogen and oxygen atoms in total. The monoisotopic (exact) mass is 282 g/mol. The second kappa shape index (κ2) is 6.72. The van der Waals surface area contributed by atoms with Crippen molar-refractivity contribution in [2.24, 2.45) is 11.8 Å². The summed E-state index contributed by atoms with van der Waals surface area (Å²) in [5, 5.41) is 6.44. The summed E-state index contributed by atoms with van der Waals surface area (Å²) in [5.74, 6) is 0.791. The fraction of sp³-hybridized carbons (Fsp3) is 0.812. The molecule has 0 aromatic carbocycles. The van der Waals surface area contributed by atoms with Gasteiger partial charge in [0.2, 0.25) is 5.91 Å². The number of likely N-dealkylation sites (N-methyl/N-ethyl adjacent to an activating group) is 1. The van der Waals surface area contributed by atoms with E-state index in [1.165, 1.54) is 0 Å². The summed E-state index contributed by atoms with van der Waals surface area (Å²) in [5.41, 5.74) is -0.547. The van der Waals surface area contributed by atoms with Crippen molar-refractivity contribution in [3.63, 3.8) is 0 Å². The van der Waals surface area contributed by atoms with E-state index in [1.807, 2.05) is 13.1 Å². The van der Waals surface area contributed by atoms with Gasteiger partial charge < -0.3 is 15.4 Å². The third-order valence-corrected chi connectivity index (χ3v) is 4.03. The summed E-state index contributed by atoms with van der Waals surface area (Å²) in [7, 11) is 1.92. The minimum Gasteiger partial charge on any atom is -0.370 e. The minimum atomic E-state index is -0.547. The smallest absolute Gasteiger partial charge is 0.217 e. The molecular formula is C16H30N2O2. The van der Waals surface area contributed by atoms with E-state index in [4.69, 9.17) is 4.74 Å². The Labute approximate surface area is 123 Å². The SMILES string of the molecule is C=CC1(NC(C)=O)[C@H](C(C)C)O[C@H](CC(C)C)[C@@H]1NC. The Hall–Kier alpha value is -0.870. The molecule has 1 amide bonds. The highest BCUT2D eigenvalue weighted by Crippen LogP contribution is 2.38. The van der Waals surface area contributed by atoms with Gasteiger partial charge in [-0.25, -0.2) is 0 Å². The molecule has 116 valence electrons. The lowest BCUT2D eigenvalue weighted by Gasteiger charge is -2.38. The molecule has 1 saturated heterocycles. The first-order valence-corrected chi connectivity index (χ1v) is 7.53. The van der Waals surface area contributed by atoms with Gasteiger partial charge in [-0.15, -0.1) is 6.58 Å². The first kappa shape index (κ1) is 17.2. The normalized spacial score (nSPS) is 33.7. The van der Waals surface area contributed by atoms with Crippen LogP contribution in [0.1, 0.15) is 41.0 Å². The van der Waals surface area contributed by atoms with Gasteiger partial charge in [-0.05, 0) is 25.3 Å². The Morgan fingerprint density at radius 3 is 2.35 bits per heavy atom. The zero-order chi connectivity index (χ0) is 15.5. The molecule has 4 atom stereocenters. The molecule has 20 heavy (non-hydrogen) atoms. The molecule has 0 radical (unpaired) electrons. The van der Waals surface area contributed by atoms with E-state index in [0.717, 1.165) is 6.42 Å². The third-order valence-electron chi connectivity index (χ3n) is 4.03. The first-order valence-electron chi connectivity index (χ1n) is 7.53. The Bertz CT molecular complexity index is 354. The second-order valence-electron chi connectivity index (χ2n) is 6.55. The molecule has 1 unspecified atom stereocenters. The standard InChI is InChI=1S/C16H30N2O2/c1-8-16(18-12(6)19)14(17-7)13(9-10(2)3)20-15(16)11(4)5/h8,10-11,13-15,17H,1,9H2,2-7H3,(H,18,19)/t13-,14+,15+,16?/m1/s1. The van der Waals surface area contributed by atoms with Crippen molar-refractivity contribution < 1.29 is 9.53 Å². The van der Waals surface area contributed by atoms with Crippen molar-refractivity contribution in [1.82, 2.24) is 10.6 Å². The van der Waals surface area contributed by atoms with E-state index in [9.17, 15) is 4.79 Å². The van der Waals surface area contributed by atoms with Crippen molar-refractivity contribution in [3.05, 3.63) is 12.7 Å². The maximum absolute atomic E-state index is 11.7. The number of hydrogen-bond acceptors (Lipinski definition) is 3. The van der Waals surface area contributed by atoms with Crippen LogP contribution in [-0.2, 0) is 9.53 Å². The van der Waals surface area contributed by atoms with Gasteiger partial charge in [0.15, 0.2) is 0 Å². The molecule has 0 aliphatic carbocycles. The van der Waals surface area contributed by atoms with Gasteiger partial charge in [0.05, 0.1) is 18.2 Å². The molecule has 1 aliphatic heterocycles. The summed E-state index contributed by atoms with van der Waals surface area (Å²) < 4.78 is 6.30. The molecule has 1 heterocycles. The number of ether oxygens (including phenoxy) is 1. The number of hydrogen-bond donors (Lipinski definition) is 2. The molecule has 0 saturated carbocycles. The van der Waals surface area contributed by atoms with Crippen LogP contribution in [0.25, 0.3) is 0 Å². The van der Waals surface area contributed by atoms with E-state index in [2.05, 4.69) is 44.9 Å². The zero-order valence-corrected chi connectivity index (χ0v) is 13.7. The molecule has 1 rings (SSSR count). The van der Waals surface area contributed by atoms with Crippen LogP contribution in [0.2, 0.25) is 0 Å². The molecular weight excluding hydrogens is 252 g/mol. The second-order valence-corrected chi connectivity index (χ2v) is 6.55. The maximum atomic E-state index is 11.7. The highest BCUT2D eigenvalue weighted by molar-refractivity contribution is 5.74. The lowest BCUT2D eigenvalue weighted by atomic mass is 9.79. The minimum absolute atomic E-state index is 0.0405. The van der Waals surface area contributed by atoms with Crippen molar-refractivity contribution in [2.45, 2.75) is 64.8 Å². The average Bonchev–Trinajstić information content (AvgIpc) is 2.61. The molecule has 1 fully saturated rings. The van der Waals surface area contributed by atoms with Crippen LogP contribution >= 0.6 is 0 Å². The van der Waals surface area contributed by atoms with E-state index >= 15 is 0 Å². The van der Waals surface area contributed by atoms with Crippen LogP contribution in [-0.4, -0.2) is 36.7 Å². The molecule has 2 N–H and O–H groups in total. The van der Waals surface area contributed by atoms with Gasteiger partial charge in [-0.1, -0.05) is 33.8 Å². The van der Waals surface area contributed by atoms with Crippen LogP contribution < -0.4 is 10.6 Å². The fourth-order valence-corrected chi connectivity index (χ4v) is 3.40. The summed E-state index contributed by atoms with van der Waals surface area (Å²) in [4.78, 5) is 11.7. The van der Waals surface area contributed by atoms with Gasteiger partial charge >= 0.3 is 0 Å². The predicted octanol–water partition coefficient (Wildman–Crippen LogP) is 2.10. The van der Waals surface area contributed by atoms with E-state index in [0.29, 0.717) is 11.8 Å². The largest absolute Gasteiger partial charge is 0.370 e. The predicted molar refractivity (Wildman–Crippen MR) is 82.5 cm³/mol. The number of rotatable bonds is 6. The number of amides is 1. The van der Waals surface area contributed by atoms with Crippen molar-refractivity contribution in [1.29, 1.82) is 0 Å². The van der Waals surface area contributed by atoms with Gasteiger partial charge in [-0.3, -0.25) is 4.79 Å². The average molecular weight is 282 g/mol. The highest BCUT2D eigenvalue weighted by atomic mass is 16.5. The molecule has 0 spiro atoms. The van der Waals surface area contributed by atoms with Gasteiger partial charge in [-0.2, -0.15) is 0 Å². The Morgan fingerprint density at radius 1 is 1.40 bits per heavy atom. The maximum Gasteiger partial charge on any atom is 0.217 e. The molecule has 0 aromatic rings. The van der Waals surface area contributed by atoms with Crippen LogP contribution in [0.4, 0.5) is 0 Å². The van der Waals surface area contributed by atoms with E-state index < -0.39 is 5.54 Å². The van der Waals surface area contributed by atoms with Crippen molar-refractivity contribution in [2.75, 3.05) is 7.05 Å². The summed E-state index contributed by atoms with van der Waals surface area (Å²) >= 11 is 0. The lowest BCUT2D eigenvalue weighted by molar-refractivity contribution is -0.121. The fourth-order valence-electron chi connectivity index (χ4n) is 3.40. The third kappa shape index (κ3) is 3.23.